The van der Waals surface area contributed by atoms with E-state index >= 15 is 0 Å². The van der Waals surface area contributed by atoms with E-state index in [0.717, 1.165) is 21.7 Å². The maximum Gasteiger partial charge on any atom is 0.270 e. The van der Waals surface area contributed by atoms with Gasteiger partial charge in [-0.15, -0.1) is 0 Å². The van der Waals surface area contributed by atoms with E-state index < -0.39 is 29.2 Å². The van der Waals surface area contributed by atoms with Crippen molar-refractivity contribution in [3.63, 3.8) is 0 Å². The Hall–Kier alpha value is -4.07. The largest absolute Gasteiger partial charge is 0.311 e. The summed E-state index contributed by atoms with van der Waals surface area (Å²) >= 11 is 0. The average Bonchev–Trinajstić information content (AvgIpc) is 2.99. The van der Waals surface area contributed by atoms with Crippen LogP contribution in [-0.4, -0.2) is 40.6 Å². The molecule has 1 heterocycles. The standard InChI is InChI=1S/C22H17N3O5/c1-2-23(19-9-5-7-14-6-3-4-8-16(14)19)20(26)13-24-21(27)17-11-10-15(25(29)30)12-18(17)22(24)28/h3-12H,2,13H2,1H3. The van der Waals surface area contributed by atoms with Crippen molar-refractivity contribution in [1.82, 2.24) is 4.90 Å². The van der Waals surface area contributed by atoms with Gasteiger partial charge in [0.2, 0.25) is 5.91 Å². The van der Waals surface area contributed by atoms with Crippen molar-refractivity contribution >= 4 is 39.9 Å². The first-order valence-electron chi connectivity index (χ1n) is 9.35. The summed E-state index contributed by atoms with van der Waals surface area (Å²) < 4.78 is 0. The number of nitro benzene ring substituents is 1. The fraction of sp³-hybridized carbons (Fsp3) is 0.136. The number of carbonyl (C=O) groups excluding carboxylic acids is 3. The Morgan fingerprint density at radius 3 is 2.43 bits per heavy atom. The van der Waals surface area contributed by atoms with E-state index in [1.807, 2.05) is 49.4 Å². The van der Waals surface area contributed by atoms with Gasteiger partial charge >= 0.3 is 0 Å². The lowest BCUT2D eigenvalue weighted by Gasteiger charge is -2.25. The molecule has 0 aliphatic carbocycles. The molecule has 3 aromatic carbocycles. The second-order valence-electron chi connectivity index (χ2n) is 6.82. The van der Waals surface area contributed by atoms with E-state index in [9.17, 15) is 24.5 Å². The minimum absolute atomic E-state index is 0.0600. The molecule has 0 spiro atoms. The molecule has 0 atom stereocenters. The number of hydrogen-bond donors (Lipinski definition) is 0. The van der Waals surface area contributed by atoms with E-state index in [-0.39, 0.29) is 16.8 Å². The number of nitro groups is 1. The predicted octanol–water partition coefficient (Wildman–Crippen LogP) is 3.40. The third-order valence-corrected chi connectivity index (χ3v) is 5.13. The normalized spacial score (nSPS) is 12.9. The first kappa shape index (κ1) is 19.3. The summed E-state index contributed by atoms with van der Waals surface area (Å²) in [6.07, 6.45) is 0. The zero-order chi connectivity index (χ0) is 21.4. The van der Waals surface area contributed by atoms with Gasteiger partial charge in [-0.2, -0.15) is 0 Å². The molecule has 0 N–H and O–H groups in total. The molecule has 3 amide bonds. The number of carbonyl (C=O) groups is 3. The van der Waals surface area contributed by atoms with Crippen molar-refractivity contribution in [3.05, 3.63) is 81.9 Å². The van der Waals surface area contributed by atoms with Gasteiger partial charge in [0.05, 0.1) is 21.7 Å². The van der Waals surface area contributed by atoms with Gasteiger partial charge in [-0.1, -0.05) is 36.4 Å². The fourth-order valence-corrected chi connectivity index (χ4v) is 3.68. The zero-order valence-corrected chi connectivity index (χ0v) is 16.1. The predicted molar refractivity (Wildman–Crippen MR) is 110 cm³/mol. The lowest BCUT2D eigenvalue weighted by atomic mass is 10.1. The molecule has 0 aromatic heterocycles. The molecule has 0 bridgehead atoms. The Balaban J connectivity index is 1.63. The summed E-state index contributed by atoms with van der Waals surface area (Å²) in [5, 5.41) is 12.8. The van der Waals surface area contributed by atoms with E-state index in [0.29, 0.717) is 12.2 Å². The minimum atomic E-state index is -0.707. The van der Waals surface area contributed by atoms with E-state index in [4.69, 9.17) is 0 Å². The summed E-state index contributed by atoms with van der Waals surface area (Å²) in [5.41, 5.74) is 0.406. The number of hydrogen-bond acceptors (Lipinski definition) is 5. The van der Waals surface area contributed by atoms with Crippen LogP contribution in [0.1, 0.15) is 27.6 Å². The Morgan fingerprint density at radius 1 is 1.00 bits per heavy atom. The van der Waals surface area contributed by atoms with Gasteiger partial charge in [0, 0.05) is 24.1 Å². The van der Waals surface area contributed by atoms with Crippen LogP contribution < -0.4 is 4.90 Å². The van der Waals surface area contributed by atoms with Crippen LogP contribution >= 0.6 is 0 Å². The highest BCUT2D eigenvalue weighted by Gasteiger charge is 2.38. The maximum atomic E-state index is 13.1. The first-order valence-corrected chi connectivity index (χ1v) is 9.35. The molecule has 8 heteroatoms. The van der Waals surface area contributed by atoms with Gasteiger partial charge in [0.15, 0.2) is 0 Å². The summed E-state index contributed by atoms with van der Waals surface area (Å²) in [5.74, 6) is -1.76. The molecule has 8 nitrogen and oxygen atoms in total. The van der Waals surface area contributed by atoms with Gasteiger partial charge < -0.3 is 4.90 Å². The quantitative estimate of drug-likeness (QED) is 0.369. The number of benzene rings is 3. The molecule has 0 fully saturated rings. The third kappa shape index (κ3) is 3.08. The molecule has 30 heavy (non-hydrogen) atoms. The second kappa shape index (κ2) is 7.40. The van der Waals surface area contributed by atoms with Gasteiger partial charge in [-0.05, 0) is 24.4 Å². The van der Waals surface area contributed by atoms with Crippen LogP contribution in [0.2, 0.25) is 0 Å². The Bertz CT molecular complexity index is 1220. The highest BCUT2D eigenvalue weighted by Crippen LogP contribution is 2.29. The Morgan fingerprint density at radius 2 is 1.70 bits per heavy atom. The number of nitrogens with zero attached hydrogens (tertiary/aromatic N) is 3. The molecule has 150 valence electrons. The number of non-ortho nitro benzene ring substituents is 1. The molecule has 4 rings (SSSR count). The molecule has 1 aliphatic heterocycles. The van der Waals surface area contributed by atoms with Gasteiger partial charge in [0.25, 0.3) is 17.5 Å². The fourth-order valence-electron chi connectivity index (χ4n) is 3.68. The number of anilines is 1. The number of rotatable bonds is 5. The molecule has 0 radical (unpaired) electrons. The van der Waals surface area contributed by atoms with Crippen molar-refractivity contribution in [2.75, 3.05) is 18.0 Å². The summed E-state index contributed by atoms with van der Waals surface area (Å²) in [4.78, 5) is 51.1. The number of amides is 3. The monoisotopic (exact) mass is 403 g/mol. The number of fused-ring (bicyclic) bond motifs is 2. The maximum absolute atomic E-state index is 13.1. The molecule has 3 aromatic rings. The van der Waals surface area contributed by atoms with E-state index in [1.165, 1.54) is 17.0 Å². The summed E-state index contributed by atoms with van der Waals surface area (Å²) in [7, 11) is 0. The molecular formula is C22H17N3O5. The van der Waals surface area contributed by atoms with E-state index in [2.05, 4.69) is 0 Å². The lowest BCUT2D eigenvalue weighted by Crippen LogP contribution is -2.42. The molecule has 0 saturated carbocycles. The van der Waals surface area contributed by atoms with Crippen LogP contribution in [0.5, 0.6) is 0 Å². The number of imide groups is 1. The van der Waals surface area contributed by atoms with Gasteiger partial charge in [-0.3, -0.25) is 29.4 Å². The molecular weight excluding hydrogens is 386 g/mol. The van der Waals surface area contributed by atoms with Gasteiger partial charge in [0.1, 0.15) is 6.54 Å². The second-order valence-corrected chi connectivity index (χ2v) is 6.82. The third-order valence-electron chi connectivity index (χ3n) is 5.13. The van der Waals surface area contributed by atoms with Crippen molar-refractivity contribution in [3.8, 4) is 0 Å². The smallest absolute Gasteiger partial charge is 0.270 e. The molecule has 0 unspecified atom stereocenters. The first-order chi connectivity index (χ1) is 14.4. The van der Waals surface area contributed by atoms with Crippen LogP contribution in [-0.2, 0) is 4.79 Å². The Labute approximate surface area is 171 Å². The van der Waals surface area contributed by atoms with Crippen LogP contribution in [0.25, 0.3) is 10.8 Å². The van der Waals surface area contributed by atoms with Crippen LogP contribution in [0, 0.1) is 10.1 Å². The minimum Gasteiger partial charge on any atom is -0.311 e. The molecule has 1 aliphatic rings. The van der Waals surface area contributed by atoms with Crippen LogP contribution in [0.3, 0.4) is 0 Å². The summed E-state index contributed by atoms with van der Waals surface area (Å²) in [6, 6.07) is 16.7. The lowest BCUT2D eigenvalue weighted by molar-refractivity contribution is -0.384. The number of likely N-dealkylation sites (N-methyl/N-ethyl adjacent to an activating group) is 1. The van der Waals surface area contributed by atoms with Crippen LogP contribution in [0.4, 0.5) is 11.4 Å². The van der Waals surface area contributed by atoms with E-state index in [1.54, 1.807) is 0 Å². The average molecular weight is 403 g/mol. The zero-order valence-electron chi connectivity index (χ0n) is 16.1. The van der Waals surface area contributed by atoms with Crippen molar-refractivity contribution < 1.29 is 19.3 Å². The van der Waals surface area contributed by atoms with Crippen molar-refractivity contribution in [2.24, 2.45) is 0 Å². The van der Waals surface area contributed by atoms with Crippen LogP contribution in [0.15, 0.2) is 60.7 Å². The highest BCUT2D eigenvalue weighted by atomic mass is 16.6. The summed E-state index contributed by atoms with van der Waals surface area (Å²) in [6.45, 7) is 1.71. The Kier molecular flexibility index (Phi) is 4.75. The molecule has 0 saturated heterocycles. The van der Waals surface area contributed by atoms with Gasteiger partial charge in [-0.25, -0.2) is 0 Å². The SMILES string of the molecule is CCN(C(=O)CN1C(=O)c2ccc([N+](=O)[O-])cc2C1=O)c1cccc2ccccc12. The van der Waals surface area contributed by atoms with Crippen molar-refractivity contribution in [2.45, 2.75) is 6.92 Å². The highest BCUT2D eigenvalue weighted by molar-refractivity contribution is 6.23. The topological polar surface area (TPSA) is 101 Å². The van der Waals surface area contributed by atoms with Crippen molar-refractivity contribution in [1.29, 1.82) is 0 Å².